The van der Waals surface area contributed by atoms with Gasteiger partial charge in [0.25, 0.3) is 5.91 Å². The van der Waals surface area contributed by atoms with Gasteiger partial charge in [0.15, 0.2) is 6.10 Å². The molecule has 1 atom stereocenters. The van der Waals surface area contributed by atoms with Crippen LogP contribution in [0.2, 0.25) is 0 Å². The van der Waals surface area contributed by atoms with Crippen molar-refractivity contribution in [2.75, 3.05) is 5.32 Å². The number of nitrogens with one attached hydrogen (secondary N) is 1. The van der Waals surface area contributed by atoms with Gasteiger partial charge in [-0.3, -0.25) is 10.1 Å². The molecule has 5 rings (SSSR count). The highest BCUT2D eigenvalue weighted by Gasteiger charge is 2.29. The van der Waals surface area contributed by atoms with E-state index in [9.17, 15) is 14.7 Å². The second kappa shape index (κ2) is 9.34. The molecule has 0 saturated heterocycles. The second-order valence-corrected chi connectivity index (χ2v) is 8.20. The first-order chi connectivity index (χ1) is 17.0. The number of aromatic nitrogens is 3. The quantitative estimate of drug-likeness (QED) is 0.419. The number of phenolic OH excluding ortho intramolecular Hbond substituents is 1. The van der Waals surface area contributed by atoms with E-state index in [1.807, 2.05) is 42.5 Å². The number of carbonyl (C=O) groups is 2. The number of esters is 1. The van der Waals surface area contributed by atoms with E-state index >= 15 is 0 Å². The monoisotopic (exact) mass is 466 g/mol. The van der Waals surface area contributed by atoms with Crippen molar-refractivity contribution < 1.29 is 19.4 Å². The lowest BCUT2D eigenvalue weighted by Crippen LogP contribution is -2.31. The van der Waals surface area contributed by atoms with E-state index in [-0.39, 0.29) is 11.7 Å². The van der Waals surface area contributed by atoms with Gasteiger partial charge in [-0.25, -0.2) is 19.7 Å². The average molecular weight is 466 g/mol. The molecule has 4 aromatic rings. The molecule has 2 heterocycles. The van der Waals surface area contributed by atoms with E-state index in [4.69, 9.17) is 9.72 Å². The molecule has 8 heteroatoms. The Hall–Kier alpha value is -4.59. The number of rotatable bonds is 5. The number of benzene rings is 2. The second-order valence-electron chi connectivity index (χ2n) is 8.20. The zero-order valence-corrected chi connectivity index (χ0v) is 18.9. The summed E-state index contributed by atoms with van der Waals surface area (Å²) in [4.78, 5) is 38.7. The summed E-state index contributed by atoms with van der Waals surface area (Å²) >= 11 is 0. The molecule has 1 amide bonds. The molecular formula is C27H22N4O4. The molecule has 0 radical (unpaired) electrons. The SMILES string of the molecule is CC(OC(=O)c1c2c(nc3ccccc13)/C(=C\c1ccc(O)cc1)CC2)C(=O)Nc1ncccn1. The van der Waals surface area contributed by atoms with Gasteiger partial charge in [0.05, 0.1) is 16.8 Å². The van der Waals surface area contributed by atoms with Crippen molar-refractivity contribution in [3.05, 3.63) is 89.4 Å². The third-order valence-electron chi connectivity index (χ3n) is 5.83. The summed E-state index contributed by atoms with van der Waals surface area (Å²) in [5.41, 5.74) is 4.58. The number of carbonyl (C=O) groups excluding carboxylic acids is 2. The van der Waals surface area contributed by atoms with E-state index in [0.29, 0.717) is 29.3 Å². The Bertz CT molecular complexity index is 1450. The number of fused-ring (bicyclic) bond motifs is 2. The molecule has 2 aromatic heterocycles. The molecule has 1 unspecified atom stereocenters. The van der Waals surface area contributed by atoms with Crippen molar-refractivity contribution in [3.8, 4) is 5.75 Å². The number of para-hydroxylation sites is 1. The number of anilines is 1. The largest absolute Gasteiger partial charge is 0.508 e. The lowest BCUT2D eigenvalue weighted by molar-refractivity contribution is -0.123. The first-order valence-electron chi connectivity index (χ1n) is 11.2. The van der Waals surface area contributed by atoms with Crippen LogP contribution in [0.1, 0.15) is 40.5 Å². The van der Waals surface area contributed by atoms with Crippen LogP contribution in [0.15, 0.2) is 67.0 Å². The maximum absolute atomic E-state index is 13.4. The van der Waals surface area contributed by atoms with Crippen LogP contribution in [0.5, 0.6) is 5.75 Å². The van der Waals surface area contributed by atoms with Gasteiger partial charge < -0.3 is 9.84 Å². The van der Waals surface area contributed by atoms with Crippen LogP contribution in [0.25, 0.3) is 22.6 Å². The molecule has 0 bridgehead atoms. The zero-order chi connectivity index (χ0) is 24.4. The van der Waals surface area contributed by atoms with Gasteiger partial charge in [0.2, 0.25) is 5.95 Å². The van der Waals surface area contributed by atoms with Gasteiger partial charge in [0, 0.05) is 17.8 Å². The number of aromatic hydroxyl groups is 1. The van der Waals surface area contributed by atoms with Crippen molar-refractivity contribution in [1.82, 2.24) is 15.0 Å². The maximum atomic E-state index is 13.4. The minimum absolute atomic E-state index is 0.139. The van der Waals surface area contributed by atoms with E-state index in [1.165, 1.54) is 19.3 Å². The Labute approximate surface area is 201 Å². The summed E-state index contributed by atoms with van der Waals surface area (Å²) in [5, 5.41) is 12.8. The van der Waals surface area contributed by atoms with Crippen LogP contribution in [-0.4, -0.2) is 38.0 Å². The average Bonchev–Trinajstić information content (AvgIpc) is 3.26. The number of ether oxygens (including phenoxy) is 1. The van der Waals surface area contributed by atoms with Gasteiger partial charge in [-0.1, -0.05) is 30.3 Å². The minimum Gasteiger partial charge on any atom is -0.508 e. The molecule has 1 aliphatic carbocycles. The highest BCUT2D eigenvalue weighted by atomic mass is 16.5. The van der Waals surface area contributed by atoms with Gasteiger partial charge in [-0.15, -0.1) is 0 Å². The van der Waals surface area contributed by atoms with Crippen LogP contribution >= 0.6 is 0 Å². The summed E-state index contributed by atoms with van der Waals surface area (Å²) < 4.78 is 5.59. The van der Waals surface area contributed by atoms with E-state index in [2.05, 4.69) is 15.3 Å². The number of allylic oxidation sites excluding steroid dienone is 1. The van der Waals surface area contributed by atoms with Crippen molar-refractivity contribution in [2.24, 2.45) is 0 Å². The minimum atomic E-state index is -1.05. The Balaban J connectivity index is 1.47. The first kappa shape index (κ1) is 22.2. The number of phenols is 1. The number of hydrogen-bond donors (Lipinski definition) is 2. The van der Waals surface area contributed by atoms with Crippen LogP contribution in [0.4, 0.5) is 5.95 Å². The summed E-state index contributed by atoms with van der Waals surface area (Å²) in [6, 6.07) is 16.0. The van der Waals surface area contributed by atoms with Crippen molar-refractivity contribution >= 4 is 40.4 Å². The zero-order valence-electron chi connectivity index (χ0n) is 18.9. The third kappa shape index (κ3) is 4.59. The Morgan fingerprint density at radius 2 is 1.77 bits per heavy atom. The molecule has 174 valence electrons. The fraction of sp³-hybridized carbons (Fsp3) is 0.148. The van der Waals surface area contributed by atoms with Crippen LogP contribution < -0.4 is 5.32 Å². The van der Waals surface area contributed by atoms with Crippen LogP contribution in [-0.2, 0) is 16.0 Å². The summed E-state index contributed by atoms with van der Waals surface area (Å²) in [6.45, 7) is 1.51. The number of pyridine rings is 1. The van der Waals surface area contributed by atoms with Gasteiger partial charge >= 0.3 is 5.97 Å². The predicted octanol–water partition coefficient (Wildman–Crippen LogP) is 4.40. The fourth-order valence-corrected chi connectivity index (χ4v) is 4.13. The smallest absolute Gasteiger partial charge is 0.339 e. The summed E-state index contributed by atoms with van der Waals surface area (Å²) in [6.07, 6.45) is 5.31. The van der Waals surface area contributed by atoms with Gasteiger partial charge in [-0.05, 0) is 66.8 Å². The molecule has 35 heavy (non-hydrogen) atoms. The van der Waals surface area contributed by atoms with Crippen LogP contribution in [0.3, 0.4) is 0 Å². The van der Waals surface area contributed by atoms with Crippen molar-refractivity contribution in [2.45, 2.75) is 25.9 Å². The molecule has 2 aromatic carbocycles. The Morgan fingerprint density at radius 3 is 2.54 bits per heavy atom. The molecule has 0 fully saturated rings. The van der Waals surface area contributed by atoms with Gasteiger partial charge in [-0.2, -0.15) is 0 Å². The summed E-state index contributed by atoms with van der Waals surface area (Å²) in [7, 11) is 0. The predicted molar refractivity (Wildman–Crippen MR) is 132 cm³/mol. The normalized spacial score (nSPS) is 14.5. The number of amides is 1. The van der Waals surface area contributed by atoms with Crippen LogP contribution in [0, 0.1) is 0 Å². The highest BCUT2D eigenvalue weighted by molar-refractivity contribution is 6.08. The molecule has 2 N–H and O–H groups in total. The molecular weight excluding hydrogens is 444 g/mol. The van der Waals surface area contributed by atoms with E-state index in [1.54, 1.807) is 18.2 Å². The fourth-order valence-electron chi connectivity index (χ4n) is 4.13. The molecule has 0 saturated carbocycles. The van der Waals surface area contributed by atoms with Gasteiger partial charge in [0.1, 0.15) is 5.75 Å². The molecule has 0 aliphatic heterocycles. The van der Waals surface area contributed by atoms with Crippen molar-refractivity contribution in [1.29, 1.82) is 0 Å². The standard InChI is InChI=1S/C27H22N4O4/c1-16(25(33)31-27-28-13-4-14-29-27)35-26(34)23-20-5-2-3-6-22(20)30-24-18(9-12-21(23)24)15-17-7-10-19(32)11-8-17/h2-8,10-11,13-16,32H,9,12H2,1H3,(H,28,29,31,33)/b18-15-. The lowest BCUT2D eigenvalue weighted by atomic mass is 10.0. The topological polar surface area (TPSA) is 114 Å². The lowest BCUT2D eigenvalue weighted by Gasteiger charge is -2.16. The molecule has 1 aliphatic rings. The van der Waals surface area contributed by atoms with Crippen molar-refractivity contribution in [3.63, 3.8) is 0 Å². The van der Waals surface area contributed by atoms with E-state index in [0.717, 1.165) is 22.4 Å². The highest BCUT2D eigenvalue weighted by Crippen LogP contribution is 2.38. The maximum Gasteiger partial charge on any atom is 0.339 e. The third-order valence-corrected chi connectivity index (χ3v) is 5.83. The summed E-state index contributed by atoms with van der Waals surface area (Å²) in [5.74, 6) is -0.764. The Kier molecular flexibility index (Phi) is 5.93. The number of nitrogens with zero attached hydrogens (tertiary/aromatic N) is 3. The van der Waals surface area contributed by atoms with E-state index < -0.39 is 18.0 Å². The molecule has 8 nitrogen and oxygen atoms in total. The molecule has 0 spiro atoms. The Morgan fingerprint density at radius 1 is 1.03 bits per heavy atom. The first-order valence-corrected chi connectivity index (χ1v) is 11.2. The number of hydrogen-bond acceptors (Lipinski definition) is 7.